The number of amides is 1. The van der Waals surface area contributed by atoms with Crippen LogP contribution in [0.5, 0.6) is 0 Å². The largest absolute Gasteiger partial charge is 0.372 e. The summed E-state index contributed by atoms with van der Waals surface area (Å²) in [6.45, 7) is 4.79. The summed E-state index contributed by atoms with van der Waals surface area (Å²) in [5.41, 5.74) is 0.334. The first-order valence-corrected chi connectivity index (χ1v) is 8.76. The maximum Gasteiger partial charge on any atom is 0.264 e. The van der Waals surface area contributed by atoms with E-state index in [0.29, 0.717) is 18.0 Å². The average molecular weight is 357 g/mol. The van der Waals surface area contributed by atoms with Crippen LogP contribution in [0.1, 0.15) is 54.9 Å². The van der Waals surface area contributed by atoms with Gasteiger partial charge in [0.2, 0.25) is 11.6 Å². The number of fused-ring (bicyclic) bond motifs is 2. The highest BCUT2D eigenvalue weighted by Crippen LogP contribution is 2.32. The van der Waals surface area contributed by atoms with Gasteiger partial charge in [0.25, 0.3) is 5.91 Å². The molecule has 0 bridgehead atoms. The Bertz CT molecular complexity index is 845. The number of hydrogen-bond acceptors (Lipinski definition) is 7. The SMILES string of the molecule is C[C@@H]1CN(C(=O)c2cc3c(s2)C(=O)c2nccnc2C3=O)C[C@H](C)O1. The second-order valence-electron chi connectivity index (χ2n) is 6.23. The van der Waals surface area contributed by atoms with Crippen molar-refractivity contribution in [2.24, 2.45) is 0 Å². The number of ketones is 2. The monoisotopic (exact) mass is 357 g/mol. The van der Waals surface area contributed by atoms with Gasteiger partial charge in [-0.05, 0) is 19.9 Å². The number of nitrogens with zero attached hydrogens (tertiary/aromatic N) is 3. The molecule has 1 saturated heterocycles. The van der Waals surface area contributed by atoms with E-state index in [9.17, 15) is 14.4 Å². The van der Waals surface area contributed by atoms with E-state index in [1.807, 2.05) is 13.8 Å². The van der Waals surface area contributed by atoms with Crippen molar-refractivity contribution in [2.45, 2.75) is 26.1 Å². The van der Waals surface area contributed by atoms with Crippen molar-refractivity contribution in [1.82, 2.24) is 14.9 Å². The van der Waals surface area contributed by atoms with Crippen LogP contribution in [-0.2, 0) is 4.74 Å². The average Bonchev–Trinajstić information content (AvgIpc) is 3.04. The molecule has 1 fully saturated rings. The molecule has 2 aromatic rings. The van der Waals surface area contributed by atoms with Crippen molar-refractivity contribution in [1.29, 1.82) is 0 Å². The number of thiophene rings is 1. The van der Waals surface area contributed by atoms with E-state index in [-0.39, 0.29) is 51.5 Å². The smallest absolute Gasteiger partial charge is 0.264 e. The molecule has 3 heterocycles. The van der Waals surface area contributed by atoms with E-state index in [4.69, 9.17) is 4.74 Å². The number of hydrogen-bond donors (Lipinski definition) is 0. The molecule has 0 spiro atoms. The first-order valence-electron chi connectivity index (χ1n) is 7.94. The lowest BCUT2D eigenvalue weighted by molar-refractivity contribution is -0.0585. The van der Waals surface area contributed by atoms with E-state index < -0.39 is 0 Å². The molecule has 1 aliphatic heterocycles. The van der Waals surface area contributed by atoms with Crippen molar-refractivity contribution in [3.05, 3.63) is 45.2 Å². The first-order chi connectivity index (χ1) is 12.0. The zero-order valence-electron chi connectivity index (χ0n) is 13.7. The van der Waals surface area contributed by atoms with E-state index in [1.165, 1.54) is 18.5 Å². The quantitative estimate of drug-likeness (QED) is 0.657. The van der Waals surface area contributed by atoms with Crippen molar-refractivity contribution >= 4 is 28.8 Å². The number of ether oxygens (including phenoxy) is 1. The second-order valence-corrected chi connectivity index (χ2v) is 7.28. The fourth-order valence-corrected chi connectivity index (χ4v) is 4.30. The van der Waals surface area contributed by atoms with Gasteiger partial charge in [-0.2, -0.15) is 0 Å². The minimum Gasteiger partial charge on any atom is -0.372 e. The van der Waals surface area contributed by atoms with Crippen LogP contribution in [0, 0.1) is 0 Å². The van der Waals surface area contributed by atoms with Crippen LogP contribution in [0.2, 0.25) is 0 Å². The van der Waals surface area contributed by atoms with Crippen molar-refractivity contribution in [3.8, 4) is 0 Å². The summed E-state index contributed by atoms with van der Waals surface area (Å²) in [5, 5.41) is 0. The lowest BCUT2D eigenvalue weighted by Crippen LogP contribution is -2.48. The highest BCUT2D eigenvalue weighted by atomic mass is 32.1. The molecule has 0 unspecified atom stereocenters. The number of aromatic nitrogens is 2. The van der Waals surface area contributed by atoms with Gasteiger partial charge in [-0.1, -0.05) is 0 Å². The van der Waals surface area contributed by atoms with Gasteiger partial charge in [0.15, 0.2) is 0 Å². The molecule has 2 atom stereocenters. The molecule has 8 heteroatoms. The number of carbonyl (C=O) groups is 3. The van der Waals surface area contributed by atoms with Gasteiger partial charge < -0.3 is 9.64 Å². The molecule has 2 aromatic heterocycles. The third-order valence-corrected chi connectivity index (χ3v) is 5.35. The fourth-order valence-electron chi connectivity index (χ4n) is 3.24. The van der Waals surface area contributed by atoms with Crippen LogP contribution in [0.25, 0.3) is 0 Å². The van der Waals surface area contributed by atoms with Crippen LogP contribution in [0.4, 0.5) is 0 Å². The molecule has 7 nitrogen and oxygen atoms in total. The Hall–Kier alpha value is -2.45. The van der Waals surface area contributed by atoms with E-state index in [1.54, 1.807) is 4.90 Å². The molecule has 0 saturated carbocycles. The van der Waals surface area contributed by atoms with Crippen LogP contribution < -0.4 is 0 Å². The fraction of sp³-hybridized carbons (Fsp3) is 0.353. The summed E-state index contributed by atoms with van der Waals surface area (Å²) >= 11 is 1.04. The Morgan fingerprint density at radius 1 is 1.12 bits per heavy atom. The molecular formula is C17H15N3O4S. The zero-order valence-corrected chi connectivity index (χ0v) is 14.5. The molecule has 1 amide bonds. The first kappa shape index (κ1) is 16.0. The van der Waals surface area contributed by atoms with Crippen LogP contribution in [0.3, 0.4) is 0 Å². The minimum atomic E-state index is -0.364. The topological polar surface area (TPSA) is 89.5 Å². The van der Waals surface area contributed by atoms with E-state index in [2.05, 4.69) is 9.97 Å². The Balaban J connectivity index is 1.70. The molecule has 0 aromatic carbocycles. The summed E-state index contributed by atoms with van der Waals surface area (Å²) in [7, 11) is 0. The van der Waals surface area contributed by atoms with Gasteiger partial charge in [-0.3, -0.25) is 14.4 Å². The van der Waals surface area contributed by atoms with Gasteiger partial charge in [-0.15, -0.1) is 11.3 Å². The molecule has 25 heavy (non-hydrogen) atoms. The summed E-state index contributed by atoms with van der Waals surface area (Å²) in [4.78, 5) is 48.3. The third kappa shape index (κ3) is 2.58. The highest BCUT2D eigenvalue weighted by Gasteiger charge is 2.36. The predicted molar refractivity (Wildman–Crippen MR) is 89.1 cm³/mol. The number of morpholine rings is 1. The van der Waals surface area contributed by atoms with Crippen LogP contribution >= 0.6 is 11.3 Å². The Morgan fingerprint density at radius 2 is 1.72 bits per heavy atom. The molecule has 0 radical (unpaired) electrons. The molecule has 128 valence electrons. The predicted octanol–water partition coefficient (Wildman–Crippen LogP) is 1.56. The maximum atomic E-state index is 12.8. The second kappa shape index (κ2) is 5.82. The van der Waals surface area contributed by atoms with E-state index in [0.717, 1.165) is 11.3 Å². The van der Waals surface area contributed by atoms with Crippen molar-refractivity contribution in [3.63, 3.8) is 0 Å². The summed E-state index contributed by atoms with van der Waals surface area (Å²) in [6, 6.07) is 1.50. The maximum absolute atomic E-state index is 12.8. The van der Waals surface area contributed by atoms with Gasteiger partial charge >= 0.3 is 0 Å². The Labute approximate surface area is 147 Å². The lowest BCUT2D eigenvalue weighted by atomic mass is 9.96. The molecule has 4 rings (SSSR count). The van der Waals surface area contributed by atoms with Crippen molar-refractivity contribution in [2.75, 3.05) is 13.1 Å². The lowest BCUT2D eigenvalue weighted by Gasteiger charge is -2.35. The molecular weight excluding hydrogens is 342 g/mol. The Morgan fingerprint density at radius 3 is 2.36 bits per heavy atom. The third-order valence-electron chi connectivity index (χ3n) is 4.23. The summed E-state index contributed by atoms with van der Waals surface area (Å²) < 4.78 is 5.64. The normalized spacial score (nSPS) is 22.6. The number of carbonyl (C=O) groups excluding carboxylic acids is 3. The molecule has 0 N–H and O–H groups in total. The van der Waals surface area contributed by atoms with Crippen LogP contribution in [0.15, 0.2) is 18.5 Å². The molecule has 1 aliphatic carbocycles. The van der Waals surface area contributed by atoms with Gasteiger partial charge in [0.1, 0.15) is 11.4 Å². The van der Waals surface area contributed by atoms with Crippen LogP contribution in [-0.4, -0.2) is 57.6 Å². The van der Waals surface area contributed by atoms with Crippen molar-refractivity contribution < 1.29 is 19.1 Å². The Kier molecular flexibility index (Phi) is 3.73. The molecule has 2 aliphatic rings. The standard InChI is InChI=1S/C17H15N3O4S/c1-8-6-20(7-9(2)24-8)17(23)11-5-10-14(21)12-13(19-4-3-18-12)15(22)16(10)25-11/h3-5,8-9H,6-7H2,1-2H3/t8-,9+. The minimum absolute atomic E-state index is 0.0467. The van der Waals surface area contributed by atoms with E-state index >= 15 is 0 Å². The summed E-state index contributed by atoms with van der Waals surface area (Å²) in [5.74, 6) is -0.908. The highest BCUT2D eigenvalue weighted by molar-refractivity contribution is 7.16. The van der Waals surface area contributed by atoms with Gasteiger partial charge in [0, 0.05) is 31.0 Å². The summed E-state index contributed by atoms with van der Waals surface area (Å²) in [6.07, 6.45) is 2.65. The van der Waals surface area contributed by atoms with Gasteiger partial charge in [0.05, 0.1) is 22.0 Å². The number of rotatable bonds is 1. The van der Waals surface area contributed by atoms with Gasteiger partial charge in [-0.25, -0.2) is 9.97 Å². The zero-order chi connectivity index (χ0) is 17.7.